The van der Waals surface area contributed by atoms with Crippen LogP contribution in [0.2, 0.25) is 0 Å². The maximum Gasteiger partial charge on any atom is 0.407 e. The van der Waals surface area contributed by atoms with Crippen molar-refractivity contribution in [1.82, 2.24) is 5.32 Å². The van der Waals surface area contributed by atoms with E-state index in [0.717, 1.165) is 12.8 Å². The van der Waals surface area contributed by atoms with E-state index in [-0.39, 0.29) is 19.8 Å². The molecule has 1 amide bonds. The summed E-state index contributed by atoms with van der Waals surface area (Å²) in [4.78, 5) is 23.8. The molecule has 1 heterocycles. The van der Waals surface area contributed by atoms with E-state index >= 15 is 0 Å². The summed E-state index contributed by atoms with van der Waals surface area (Å²) < 4.78 is 33.7. The number of ether oxygens (including phenoxy) is 2. The average Bonchev–Trinajstić information content (AvgIpc) is 3.44. The Hall–Kier alpha value is -1.03. The predicted molar refractivity (Wildman–Crippen MR) is 154 cm³/mol. The Bertz CT molecular complexity index is 740. The van der Waals surface area contributed by atoms with Gasteiger partial charge in [0.05, 0.1) is 12.0 Å². The second-order valence-electron chi connectivity index (χ2n) is 10.0. The van der Waals surface area contributed by atoms with Crippen molar-refractivity contribution in [2.75, 3.05) is 33.5 Å². The summed E-state index contributed by atoms with van der Waals surface area (Å²) in [5.74, 6) is 0. The number of carbonyl (C=O) groups excluding carboxylic acids is 1. The first-order valence-corrected chi connectivity index (χ1v) is 17.3. The van der Waals surface area contributed by atoms with Crippen LogP contribution < -0.4 is 14.8 Å². The van der Waals surface area contributed by atoms with Crippen molar-refractivity contribution < 1.29 is 37.3 Å². The quantitative estimate of drug-likeness (QED) is 0.0702. The lowest BCUT2D eigenvalue weighted by Crippen LogP contribution is -2.33. The molecule has 0 aliphatic rings. The van der Waals surface area contributed by atoms with E-state index in [1.807, 2.05) is 21.7 Å². The fourth-order valence-electron chi connectivity index (χ4n) is 4.13. The number of aromatic nitrogens is 1. The van der Waals surface area contributed by atoms with Gasteiger partial charge >= 0.3 is 6.09 Å². The molecular weight excluding hydrogens is 539 g/mol. The van der Waals surface area contributed by atoms with Gasteiger partial charge in [-0.1, -0.05) is 115 Å². The number of phosphoric ester groups is 1. The second-order valence-corrected chi connectivity index (χ2v) is 12.2. The van der Waals surface area contributed by atoms with Crippen LogP contribution in [0.3, 0.4) is 0 Å². The van der Waals surface area contributed by atoms with Crippen molar-refractivity contribution in [2.45, 2.75) is 122 Å². The fourth-order valence-corrected chi connectivity index (χ4v) is 5.48. The molecule has 1 aromatic heterocycles. The molecule has 0 radical (unpaired) electrons. The largest absolute Gasteiger partial charge is 0.756 e. The third-order valence-electron chi connectivity index (χ3n) is 6.58. The molecule has 0 spiro atoms. The molecule has 1 aromatic rings. The van der Waals surface area contributed by atoms with Gasteiger partial charge in [0, 0.05) is 13.7 Å². The SMILES string of the molecule is CCCCCCCCCCCCCCCCCCNC(=O)OC[C@@H](COP(=O)([O-])OCC[n+]1ccsc1)OC. The molecule has 9 nitrogen and oxygen atoms in total. The van der Waals surface area contributed by atoms with E-state index < -0.39 is 20.0 Å². The minimum Gasteiger partial charge on any atom is -0.756 e. The Morgan fingerprint density at radius 2 is 1.46 bits per heavy atom. The normalized spacial score (nSPS) is 13.7. The Morgan fingerprint density at radius 3 is 1.97 bits per heavy atom. The molecule has 0 saturated carbocycles. The summed E-state index contributed by atoms with van der Waals surface area (Å²) in [6.45, 7) is 2.77. The van der Waals surface area contributed by atoms with Crippen molar-refractivity contribution in [3.05, 3.63) is 17.1 Å². The molecule has 11 heteroatoms. The van der Waals surface area contributed by atoms with Crippen molar-refractivity contribution in [1.29, 1.82) is 0 Å². The number of thiazole rings is 1. The molecule has 0 aromatic carbocycles. The number of phosphoric acid groups is 1. The molecule has 0 saturated heterocycles. The molecule has 0 bridgehead atoms. The highest BCUT2D eigenvalue weighted by Gasteiger charge is 2.17. The Morgan fingerprint density at radius 1 is 0.897 bits per heavy atom. The monoisotopic (exact) mass is 592 g/mol. The Balaban J connectivity index is 1.91. The average molecular weight is 593 g/mol. The van der Waals surface area contributed by atoms with Gasteiger partial charge in [-0.05, 0) is 6.42 Å². The van der Waals surface area contributed by atoms with Gasteiger partial charge < -0.3 is 28.7 Å². The lowest BCUT2D eigenvalue weighted by atomic mass is 10.0. The maximum atomic E-state index is 11.9. The van der Waals surface area contributed by atoms with Crippen molar-refractivity contribution >= 4 is 25.3 Å². The summed E-state index contributed by atoms with van der Waals surface area (Å²) in [5.41, 5.74) is 1.85. The molecule has 39 heavy (non-hydrogen) atoms. The Labute approximate surface area is 240 Å². The molecule has 0 fully saturated rings. The number of carbonyl (C=O) groups is 1. The molecule has 1 N–H and O–H groups in total. The highest BCUT2D eigenvalue weighted by Crippen LogP contribution is 2.38. The van der Waals surface area contributed by atoms with Crippen LogP contribution in [0, 0.1) is 0 Å². The van der Waals surface area contributed by atoms with Crippen LogP contribution in [0.15, 0.2) is 17.1 Å². The lowest BCUT2D eigenvalue weighted by Gasteiger charge is -2.24. The zero-order valence-electron chi connectivity index (χ0n) is 24.3. The van der Waals surface area contributed by atoms with E-state index in [9.17, 15) is 14.3 Å². The molecule has 228 valence electrons. The van der Waals surface area contributed by atoms with Crippen molar-refractivity contribution in [3.63, 3.8) is 0 Å². The summed E-state index contributed by atoms with van der Waals surface area (Å²) in [6.07, 6.45) is 21.5. The highest BCUT2D eigenvalue weighted by molar-refractivity contribution is 7.45. The third-order valence-corrected chi connectivity index (χ3v) is 8.21. The topological polar surface area (TPSA) is 110 Å². The van der Waals surface area contributed by atoms with Gasteiger partial charge in [-0.2, -0.15) is 4.57 Å². The van der Waals surface area contributed by atoms with Gasteiger partial charge in [0.15, 0.2) is 12.7 Å². The highest BCUT2D eigenvalue weighted by atomic mass is 32.1. The maximum absolute atomic E-state index is 11.9. The van der Waals surface area contributed by atoms with Gasteiger partial charge in [0.2, 0.25) is 5.51 Å². The van der Waals surface area contributed by atoms with Crippen LogP contribution in [0.4, 0.5) is 4.79 Å². The predicted octanol–water partition coefficient (Wildman–Crippen LogP) is 6.54. The number of nitrogens with zero attached hydrogens (tertiary/aromatic N) is 1. The molecule has 1 rings (SSSR count). The van der Waals surface area contributed by atoms with Crippen LogP contribution in [0.25, 0.3) is 0 Å². The van der Waals surface area contributed by atoms with E-state index in [1.54, 1.807) is 0 Å². The first kappa shape index (κ1) is 36.0. The fraction of sp³-hybridized carbons (Fsp3) is 0.857. The molecule has 0 aliphatic heterocycles. The number of unbranched alkanes of at least 4 members (excludes halogenated alkanes) is 15. The number of amides is 1. The number of rotatable bonds is 27. The van der Waals surface area contributed by atoms with Crippen LogP contribution in [0.5, 0.6) is 0 Å². The van der Waals surface area contributed by atoms with Gasteiger partial charge in [0.1, 0.15) is 19.3 Å². The van der Waals surface area contributed by atoms with Crippen molar-refractivity contribution in [2.24, 2.45) is 0 Å². The minimum atomic E-state index is -4.47. The number of hydrogen-bond donors (Lipinski definition) is 1. The van der Waals surface area contributed by atoms with Crippen molar-refractivity contribution in [3.8, 4) is 0 Å². The summed E-state index contributed by atoms with van der Waals surface area (Å²) in [6, 6.07) is 0. The van der Waals surface area contributed by atoms with E-state index in [0.29, 0.717) is 13.1 Å². The van der Waals surface area contributed by atoms with Crippen LogP contribution in [-0.4, -0.2) is 45.7 Å². The molecule has 1 unspecified atom stereocenters. The number of nitrogens with one attached hydrogen (secondary N) is 1. The van der Waals surface area contributed by atoms with Gasteiger partial charge in [-0.25, -0.2) is 4.79 Å². The van der Waals surface area contributed by atoms with Gasteiger partial charge in [-0.3, -0.25) is 4.57 Å². The van der Waals surface area contributed by atoms with Crippen LogP contribution in [-0.2, 0) is 29.6 Å². The molecular formula is C28H53N2O7PS. The summed E-state index contributed by atoms with van der Waals surface area (Å²) in [7, 11) is -3.07. The van der Waals surface area contributed by atoms with Gasteiger partial charge in [-0.15, -0.1) is 0 Å². The first-order chi connectivity index (χ1) is 19.0. The van der Waals surface area contributed by atoms with E-state index in [1.165, 1.54) is 108 Å². The molecule has 0 aliphatic carbocycles. The lowest BCUT2D eigenvalue weighted by molar-refractivity contribution is -0.693. The zero-order chi connectivity index (χ0) is 28.4. The smallest absolute Gasteiger partial charge is 0.407 e. The van der Waals surface area contributed by atoms with Crippen LogP contribution in [0.1, 0.15) is 110 Å². The summed E-state index contributed by atoms with van der Waals surface area (Å²) in [5, 5.41) is 4.61. The Kier molecular flexibility index (Phi) is 22.8. The number of alkyl carbamates (subject to hydrolysis) is 1. The number of methoxy groups -OCH3 is 1. The molecule has 2 atom stereocenters. The summed E-state index contributed by atoms with van der Waals surface area (Å²) >= 11 is 1.50. The number of hydrogen-bond acceptors (Lipinski definition) is 8. The standard InChI is InChI=1S/C28H53N2O7PS/c1-3-4-5-6-7-8-9-10-11-12-13-14-15-16-17-18-19-29-28(31)35-24-27(34-2)25-37-38(32,33)36-22-20-30-21-23-39-26-30/h21,23,26-27H,3-20,22,24-25H2,1-2H3,(H-,29,31,32,33)/t27-/m0/s1. The van der Waals surface area contributed by atoms with Gasteiger partial charge in [0.25, 0.3) is 7.82 Å². The third kappa shape index (κ3) is 22.4. The van der Waals surface area contributed by atoms with E-state index in [4.69, 9.17) is 18.5 Å². The van der Waals surface area contributed by atoms with E-state index in [2.05, 4.69) is 12.2 Å². The van der Waals surface area contributed by atoms with Crippen LogP contribution >= 0.6 is 19.2 Å². The zero-order valence-corrected chi connectivity index (χ0v) is 26.0. The first-order valence-electron chi connectivity index (χ1n) is 14.9. The minimum absolute atomic E-state index is 0.0297. The second kappa shape index (κ2) is 24.7.